The number of amides is 1. The monoisotopic (exact) mass is 407 g/mol. The van der Waals surface area contributed by atoms with Crippen molar-refractivity contribution < 1.29 is 9.72 Å². The zero-order valence-electron chi connectivity index (χ0n) is 15.4. The van der Waals surface area contributed by atoms with E-state index in [-0.39, 0.29) is 17.2 Å². The van der Waals surface area contributed by atoms with E-state index in [0.29, 0.717) is 17.0 Å². The van der Waals surface area contributed by atoms with Crippen molar-refractivity contribution in [1.29, 1.82) is 0 Å². The zero-order chi connectivity index (χ0) is 20.6. The Morgan fingerprint density at radius 1 is 1.03 bits per heavy atom. The molecular weight excluding hydrogens is 390 g/mol. The van der Waals surface area contributed by atoms with Gasteiger partial charge in [0, 0.05) is 16.7 Å². The van der Waals surface area contributed by atoms with Gasteiger partial charge in [-0.3, -0.25) is 14.9 Å². The summed E-state index contributed by atoms with van der Waals surface area (Å²) in [5.74, 6) is -0.380. The molecule has 146 valence electrons. The van der Waals surface area contributed by atoms with Gasteiger partial charge in [-0.1, -0.05) is 60.1 Å². The second-order valence-corrected chi connectivity index (χ2v) is 6.74. The number of rotatable bonds is 7. The van der Waals surface area contributed by atoms with Crippen LogP contribution in [0.2, 0.25) is 5.02 Å². The molecule has 0 atom stereocenters. The predicted molar refractivity (Wildman–Crippen MR) is 113 cm³/mol. The molecule has 3 rings (SSSR count). The highest BCUT2D eigenvalue weighted by Crippen LogP contribution is 2.21. The quantitative estimate of drug-likeness (QED) is 0.347. The number of carbonyl (C=O) groups excluding carboxylic acids is 1. The number of hydrogen-bond donors (Lipinski definition) is 1. The summed E-state index contributed by atoms with van der Waals surface area (Å²) in [6.07, 6.45) is 2.73. The molecule has 0 aliphatic carbocycles. The van der Waals surface area contributed by atoms with Crippen LogP contribution in [-0.4, -0.2) is 17.0 Å². The number of aryl methyl sites for hydroxylation is 2. The first kappa shape index (κ1) is 20.2. The fourth-order valence-electron chi connectivity index (χ4n) is 2.90. The van der Waals surface area contributed by atoms with Gasteiger partial charge in [0.15, 0.2) is 0 Å². The molecule has 0 radical (unpaired) electrons. The van der Waals surface area contributed by atoms with E-state index in [4.69, 9.17) is 11.6 Å². The maximum Gasteiger partial charge on any atom is 0.278 e. The Balaban J connectivity index is 1.71. The van der Waals surface area contributed by atoms with Crippen molar-refractivity contribution in [2.45, 2.75) is 12.8 Å². The molecule has 7 heteroatoms. The van der Waals surface area contributed by atoms with Crippen LogP contribution in [0.15, 0.2) is 77.9 Å². The van der Waals surface area contributed by atoms with Crippen LogP contribution >= 0.6 is 11.6 Å². The minimum atomic E-state index is -0.529. The third-order valence-corrected chi connectivity index (χ3v) is 4.58. The summed E-state index contributed by atoms with van der Waals surface area (Å²) in [6, 6.07) is 21.5. The minimum Gasteiger partial charge on any atom is -0.267 e. The van der Waals surface area contributed by atoms with Gasteiger partial charge >= 0.3 is 0 Å². The number of hydrogen-bond acceptors (Lipinski definition) is 4. The molecule has 0 fully saturated rings. The topological polar surface area (TPSA) is 84.6 Å². The molecule has 0 aliphatic heterocycles. The van der Waals surface area contributed by atoms with Gasteiger partial charge in [-0.05, 0) is 42.2 Å². The average molecular weight is 408 g/mol. The Hall–Kier alpha value is -3.51. The maximum atomic E-state index is 12.6. The molecule has 3 aromatic carbocycles. The predicted octanol–water partition coefficient (Wildman–Crippen LogP) is 4.80. The van der Waals surface area contributed by atoms with E-state index in [1.165, 1.54) is 30.0 Å². The second kappa shape index (κ2) is 9.61. The van der Waals surface area contributed by atoms with E-state index in [0.717, 1.165) is 12.0 Å². The van der Waals surface area contributed by atoms with Crippen molar-refractivity contribution in [2.24, 2.45) is 5.10 Å². The molecule has 0 aliphatic rings. The van der Waals surface area contributed by atoms with Crippen molar-refractivity contribution in [1.82, 2.24) is 5.43 Å². The van der Waals surface area contributed by atoms with E-state index in [9.17, 15) is 14.9 Å². The summed E-state index contributed by atoms with van der Waals surface area (Å²) in [5, 5.41) is 15.3. The number of nitrogens with one attached hydrogen (secondary N) is 1. The SMILES string of the molecule is O=C(N/N=C/c1cc(Cl)ccc1[N+](=O)[O-])c1ccccc1CCc1ccccc1. The number of carbonyl (C=O) groups is 1. The van der Waals surface area contributed by atoms with Crippen LogP contribution in [0.25, 0.3) is 0 Å². The summed E-state index contributed by atoms with van der Waals surface area (Å²) in [5.41, 5.74) is 5.11. The van der Waals surface area contributed by atoms with Crippen molar-refractivity contribution >= 4 is 29.4 Å². The fourth-order valence-corrected chi connectivity index (χ4v) is 3.08. The lowest BCUT2D eigenvalue weighted by atomic mass is 9.99. The third kappa shape index (κ3) is 5.49. The Bertz CT molecular complexity index is 1050. The van der Waals surface area contributed by atoms with Crippen LogP contribution in [0.5, 0.6) is 0 Å². The Morgan fingerprint density at radius 2 is 1.76 bits per heavy atom. The Labute approximate surface area is 173 Å². The highest BCUT2D eigenvalue weighted by atomic mass is 35.5. The highest BCUT2D eigenvalue weighted by Gasteiger charge is 2.13. The maximum absolute atomic E-state index is 12.6. The third-order valence-electron chi connectivity index (χ3n) is 4.34. The molecule has 6 nitrogen and oxygen atoms in total. The number of nitro groups is 1. The molecule has 0 spiro atoms. The normalized spacial score (nSPS) is 10.8. The zero-order valence-corrected chi connectivity index (χ0v) is 16.2. The lowest BCUT2D eigenvalue weighted by Gasteiger charge is -2.08. The summed E-state index contributed by atoms with van der Waals surface area (Å²) >= 11 is 5.89. The molecule has 0 saturated carbocycles. The summed E-state index contributed by atoms with van der Waals surface area (Å²) in [4.78, 5) is 23.1. The lowest BCUT2D eigenvalue weighted by Crippen LogP contribution is -2.19. The smallest absolute Gasteiger partial charge is 0.267 e. The van der Waals surface area contributed by atoms with Crippen LogP contribution in [0.1, 0.15) is 27.0 Å². The van der Waals surface area contributed by atoms with Crippen molar-refractivity contribution in [3.8, 4) is 0 Å². The molecule has 0 unspecified atom stereocenters. The Morgan fingerprint density at radius 3 is 2.52 bits per heavy atom. The number of benzene rings is 3. The largest absolute Gasteiger partial charge is 0.278 e. The van der Waals surface area contributed by atoms with Crippen molar-refractivity contribution in [3.05, 3.63) is 110 Å². The second-order valence-electron chi connectivity index (χ2n) is 6.30. The molecule has 0 saturated heterocycles. The van der Waals surface area contributed by atoms with Crippen LogP contribution < -0.4 is 5.43 Å². The summed E-state index contributed by atoms with van der Waals surface area (Å²) < 4.78 is 0. The molecule has 3 aromatic rings. The molecule has 0 heterocycles. The number of nitro benzene ring substituents is 1. The van der Waals surface area contributed by atoms with Gasteiger partial charge in [-0.2, -0.15) is 5.10 Å². The number of hydrazone groups is 1. The number of halogens is 1. The molecular formula is C22H18ClN3O3. The fraction of sp³-hybridized carbons (Fsp3) is 0.0909. The number of nitrogens with zero attached hydrogens (tertiary/aromatic N) is 2. The minimum absolute atomic E-state index is 0.143. The van der Waals surface area contributed by atoms with Gasteiger partial charge in [0.05, 0.1) is 16.7 Å². The van der Waals surface area contributed by atoms with E-state index in [1.807, 2.05) is 42.5 Å². The van der Waals surface area contributed by atoms with E-state index in [1.54, 1.807) is 12.1 Å². The van der Waals surface area contributed by atoms with Crippen LogP contribution in [0, 0.1) is 10.1 Å². The van der Waals surface area contributed by atoms with E-state index in [2.05, 4.69) is 10.5 Å². The van der Waals surface area contributed by atoms with Gasteiger partial charge in [0.25, 0.3) is 11.6 Å². The lowest BCUT2D eigenvalue weighted by molar-refractivity contribution is -0.385. The molecule has 1 amide bonds. The van der Waals surface area contributed by atoms with Gasteiger partial charge in [0.1, 0.15) is 0 Å². The highest BCUT2D eigenvalue weighted by molar-refractivity contribution is 6.31. The van der Waals surface area contributed by atoms with Crippen LogP contribution in [0.4, 0.5) is 5.69 Å². The van der Waals surface area contributed by atoms with E-state index < -0.39 is 4.92 Å². The summed E-state index contributed by atoms with van der Waals surface area (Å²) in [7, 11) is 0. The van der Waals surface area contributed by atoms with Crippen LogP contribution in [-0.2, 0) is 12.8 Å². The van der Waals surface area contributed by atoms with Crippen LogP contribution in [0.3, 0.4) is 0 Å². The average Bonchev–Trinajstić information content (AvgIpc) is 2.73. The van der Waals surface area contributed by atoms with E-state index >= 15 is 0 Å². The van der Waals surface area contributed by atoms with Gasteiger partial charge in [-0.15, -0.1) is 0 Å². The van der Waals surface area contributed by atoms with Crippen molar-refractivity contribution in [2.75, 3.05) is 0 Å². The first-order valence-corrected chi connectivity index (χ1v) is 9.31. The van der Waals surface area contributed by atoms with Gasteiger partial charge in [-0.25, -0.2) is 5.43 Å². The molecule has 0 aromatic heterocycles. The first-order chi connectivity index (χ1) is 14.0. The molecule has 29 heavy (non-hydrogen) atoms. The summed E-state index contributed by atoms with van der Waals surface area (Å²) in [6.45, 7) is 0. The Kier molecular flexibility index (Phi) is 6.71. The van der Waals surface area contributed by atoms with Crippen molar-refractivity contribution in [3.63, 3.8) is 0 Å². The molecule has 1 N–H and O–H groups in total. The van der Waals surface area contributed by atoms with Gasteiger partial charge in [0.2, 0.25) is 0 Å². The first-order valence-electron chi connectivity index (χ1n) is 8.94. The molecule has 0 bridgehead atoms. The standard InChI is InChI=1S/C22H18ClN3O3/c23-19-12-13-21(26(28)29)18(14-19)15-24-25-22(27)20-9-5-4-8-17(20)11-10-16-6-2-1-3-7-16/h1-9,12-15H,10-11H2,(H,25,27)/b24-15+. The van der Waals surface area contributed by atoms with Gasteiger partial charge < -0.3 is 0 Å².